The minimum Gasteiger partial charge on any atom is -0.350 e. The van der Waals surface area contributed by atoms with Gasteiger partial charge < -0.3 is 10.2 Å². The lowest BCUT2D eigenvalue weighted by Crippen LogP contribution is -2.17. The summed E-state index contributed by atoms with van der Waals surface area (Å²) < 4.78 is 12.8. The van der Waals surface area contributed by atoms with E-state index in [1.54, 1.807) is 11.9 Å². The molecule has 0 bridgehead atoms. The molecule has 22 heavy (non-hydrogen) atoms. The lowest BCUT2D eigenvalue weighted by atomic mass is 10.2. The maximum atomic E-state index is 12.8. The number of hydrogen-bond donors (Lipinski definition) is 1. The highest BCUT2D eigenvalue weighted by Crippen LogP contribution is 2.14. The summed E-state index contributed by atoms with van der Waals surface area (Å²) in [5.41, 5.74) is 1.23. The minimum absolute atomic E-state index is 0.0457. The van der Waals surface area contributed by atoms with E-state index in [9.17, 15) is 9.18 Å². The third-order valence-corrected chi connectivity index (χ3v) is 2.95. The van der Waals surface area contributed by atoms with Gasteiger partial charge >= 0.3 is 0 Å². The Hall–Kier alpha value is -3.13. The molecular formula is C17H14FN3O. The maximum Gasteiger partial charge on any atom is 0.267 e. The van der Waals surface area contributed by atoms with Crippen LogP contribution in [0.4, 0.5) is 15.8 Å². The Balaban J connectivity index is 2.13. The highest BCUT2D eigenvalue weighted by atomic mass is 19.1. The zero-order chi connectivity index (χ0) is 15.9. The smallest absolute Gasteiger partial charge is 0.267 e. The largest absolute Gasteiger partial charge is 0.350 e. The first-order chi connectivity index (χ1) is 10.6. The summed E-state index contributed by atoms with van der Waals surface area (Å²) in [6.07, 6.45) is 1.45. The minimum atomic E-state index is -0.545. The summed E-state index contributed by atoms with van der Waals surface area (Å²) in [7, 11) is 1.75. The first kappa shape index (κ1) is 15.3. The number of carbonyl (C=O) groups is 1. The Morgan fingerprint density at radius 3 is 2.41 bits per heavy atom. The van der Waals surface area contributed by atoms with Crippen LogP contribution in [0.2, 0.25) is 0 Å². The van der Waals surface area contributed by atoms with E-state index in [1.807, 2.05) is 36.4 Å². The Labute approximate surface area is 128 Å². The summed E-state index contributed by atoms with van der Waals surface area (Å²) >= 11 is 0. The standard InChI is InChI=1S/C17H14FN3O/c1-21(16-5-3-2-4-6-16)12-13(11-19)17(22)20-15-9-7-14(18)8-10-15/h2-10,12H,1H3,(H,20,22)/b13-12-. The van der Waals surface area contributed by atoms with Gasteiger partial charge in [0.15, 0.2) is 0 Å². The maximum absolute atomic E-state index is 12.8. The Kier molecular flexibility index (Phi) is 4.89. The molecule has 2 rings (SSSR count). The number of nitrogens with zero attached hydrogens (tertiary/aromatic N) is 2. The molecule has 0 unspecified atom stereocenters. The van der Waals surface area contributed by atoms with Crippen LogP contribution in [0.15, 0.2) is 66.4 Å². The number of para-hydroxylation sites is 1. The van der Waals surface area contributed by atoms with Gasteiger partial charge in [-0.05, 0) is 36.4 Å². The van der Waals surface area contributed by atoms with Crippen LogP contribution in [0.25, 0.3) is 0 Å². The quantitative estimate of drug-likeness (QED) is 0.695. The van der Waals surface area contributed by atoms with Gasteiger partial charge in [0.2, 0.25) is 0 Å². The van der Waals surface area contributed by atoms with E-state index >= 15 is 0 Å². The summed E-state index contributed by atoms with van der Waals surface area (Å²) in [6, 6.07) is 16.6. The van der Waals surface area contributed by atoms with Crippen LogP contribution in [-0.2, 0) is 4.79 Å². The Morgan fingerprint density at radius 2 is 1.82 bits per heavy atom. The summed E-state index contributed by atoms with van der Waals surface area (Å²) in [5, 5.41) is 11.7. The fourth-order valence-corrected chi connectivity index (χ4v) is 1.80. The van der Waals surface area contributed by atoms with Crippen LogP contribution in [0.5, 0.6) is 0 Å². The number of amides is 1. The van der Waals surface area contributed by atoms with Crippen LogP contribution in [0.1, 0.15) is 0 Å². The zero-order valence-corrected chi connectivity index (χ0v) is 12.0. The molecule has 0 saturated carbocycles. The van der Waals surface area contributed by atoms with Crippen LogP contribution in [0.3, 0.4) is 0 Å². The number of nitriles is 1. The van der Waals surface area contributed by atoms with E-state index in [2.05, 4.69) is 5.32 Å². The molecule has 0 saturated heterocycles. The van der Waals surface area contributed by atoms with Gasteiger partial charge in [-0.15, -0.1) is 0 Å². The van der Waals surface area contributed by atoms with Crippen LogP contribution < -0.4 is 10.2 Å². The lowest BCUT2D eigenvalue weighted by Gasteiger charge is -2.14. The first-order valence-corrected chi connectivity index (χ1v) is 6.57. The zero-order valence-electron chi connectivity index (χ0n) is 12.0. The molecule has 5 heteroatoms. The highest BCUT2D eigenvalue weighted by Gasteiger charge is 2.11. The number of halogens is 1. The Bertz CT molecular complexity index is 718. The molecule has 0 aromatic heterocycles. The summed E-state index contributed by atoms with van der Waals surface area (Å²) in [6.45, 7) is 0. The van der Waals surface area contributed by atoms with Crippen molar-refractivity contribution in [2.45, 2.75) is 0 Å². The molecule has 2 aromatic rings. The number of anilines is 2. The second kappa shape index (κ2) is 7.04. The van der Waals surface area contributed by atoms with E-state index < -0.39 is 11.7 Å². The van der Waals surface area contributed by atoms with E-state index in [-0.39, 0.29) is 5.57 Å². The number of hydrogen-bond acceptors (Lipinski definition) is 3. The second-order valence-corrected chi connectivity index (χ2v) is 4.56. The van der Waals surface area contributed by atoms with Crippen LogP contribution >= 0.6 is 0 Å². The van der Waals surface area contributed by atoms with Gasteiger partial charge in [0.1, 0.15) is 17.5 Å². The van der Waals surface area contributed by atoms with Crippen molar-refractivity contribution in [3.8, 4) is 6.07 Å². The molecule has 0 fully saturated rings. The van der Waals surface area contributed by atoms with Crippen molar-refractivity contribution >= 4 is 17.3 Å². The fraction of sp³-hybridized carbons (Fsp3) is 0.0588. The van der Waals surface area contributed by atoms with Crippen molar-refractivity contribution in [1.29, 1.82) is 5.26 Å². The molecule has 0 aliphatic carbocycles. The van der Waals surface area contributed by atoms with Crippen molar-refractivity contribution in [2.24, 2.45) is 0 Å². The SMILES string of the molecule is CN(/C=C(/C#N)C(=O)Nc1ccc(F)cc1)c1ccccc1. The molecule has 0 spiro atoms. The lowest BCUT2D eigenvalue weighted by molar-refractivity contribution is -0.112. The van der Waals surface area contributed by atoms with Crippen molar-refractivity contribution in [3.05, 3.63) is 72.2 Å². The third kappa shape index (κ3) is 3.93. The molecule has 1 amide bonds. The van der Waals surface area contributed by atoms with Crippen LogP contribution in [-0.4, -0.2) is 13.0 Å². The molecule has 0 aliphatic rings. The number of rotatable bonds is 4. The Morgan fingerprint density at radius 1 is 1.18 bits per heavy atom. The monoisotopic (exact) mass is 295 g/mol. The van der Waals surface area contributed by atoms with Crippen molar-refractivity contribution in [3.63, 3.8) is 0 Å². The average Bonchev–Trinajstić information content (AvgIpc) is 2.55. The van der Waals surface area contributed by atoms with Crippen molar-refractivity contribution in [2.75, 3.05) is 17.3 Å². The second-order valence-electron chi connectivity index (χ2n) is 4.56. The summed E-state index contributed by atoms with van der Waals surface area (Å²) in [4.78, 5) is 13.8. The number of benzene rings is 2. The van der Waals surface area contributed by atoms with E-state index in [1.165, 1.54) is 30.5 Å². The molecule has 4 nitrogen and oxygen atoms in total. The highest BCUT2D eigenvalue weighted by molar-refractivity contribution is 6.06. The predicted molar refractivity (Wildman–Crippen MR) is 83.6 cm³/mol. The van der Waals surface area contributed by atoms with Gasteiger partial charge in [-0.2, -0.15) is 5.26 Å². The van der Waals surface area contributed by atoms with Gasteiger partial charge in [-0.3, -0.25) is 4.79 Å². The molecule has 0 atom stereocenters. The van der Waals surface area contributed by atoms with Gasteiger partial charge in [-0.1, -0.05) is 18.2 Å². The van der Waals surface area contributed by atoms with E-state index in [4.69, 9.17) is 5.26 Å². The molecule has 1 N–H and O–H groups in total. The van der Waals surface area contributed by atoms with Gasteiger partial charge in [0.25, 0.3) is 5.91 Å². The van der Waals surface area contributed by atoms with E-state index in [0.29, 0.717) is 5.69 Å². The van der Waals surface area contributed by atoms with Gasteiger partial charge in [0.05, 0.1) is 0 Å². The first-order valence-electron chi connectivity index (χ1n) is 6.57. The molecule has 0 heterocycles. The molecule has 2 aromatic carbocycles. The van der Waals surface area contributed by atoms with Gasteiger partial charge in [-0.25, -0.2) is 4.39 Å². The summed E-state index contributed by atoms with van der Waals surface area (Å²) in [5.74, 6) is -0.935. The number of carbonyl (C=O) groups excluding carboxylic acids is 1. The van der Waals surface area contributed by atoms with E-state index in [0.717, 1.165) is 5.69 Å². The predicted octanol–water partition coefficient (Wildman–Crippen LogP) is 3.31. The molecular weight excluding hydrogens is 281 g/mol. The normalized spacial score (nSPS) is 10.7. The number of nitrogens with one attached hydrogen (secondary N) is 1. The topological polar surface area (TPSA) is 56.1 Å². The fourth-order valence-electron chi connectivity index (χ4n) is 1.80. The average molecular weight is 295 g/mol. The van der Waals surface area contributed by atoms with Crippen molar-refractivity contribution < 1.29 is 9.18 Å². The molecule has 110 valence electrons. The molecule has 0 radical (unpaired) electrons. The van der Waals surface area contributed by atoms with Crippen molar-refractivity contribution in [1.82, 2.24) is 0 Å². The third-order valence-electron chi connectivity index (χ3n) is 2.95. The van der Waals surface area contributed by atoms with Crippen LogP contribution in [0, 0.1) is 17.1 Å². The molecule has 0 aliphatic heterocycles. The van der Waals surface area contributed by atoms with Gasteiger partial charge in [0, 0.05) is 24.6 Å².